The SMILES string of the molecule is Cc1cc2ncnc(-n3c4ccccc4c4ccccc43)c2cc1O. The molecule has 4 nitrogen and oxygen atoms in total. The maximum absolute atomic E-state index is 10.2. The van der Waals surface area contributed by atoms with Gasteiger partial charge in [0.1, 0.15) is 17.9 Å². The lowest BCUT2D eigenvalue weighted by Gasteiger charge is -2.10. The molecular formula is C21H15N3O. The third-order valence-electron chi connectivity index (χ3n) is 4.72. The third kappa shape index (κ3) is 1.94. The van der Waals surface area contributed by atoms with Gasteiger partial charge in [0, 0.05) is 16.2 Å². The summed E-state index contributed by atoms with van der Waals surface area (Å²) < 4.78 is 2.14. The lowest BCUT2D eigenvalue weighted by Crippen LogP contribution is -1.99. The second-order valence-electron chi connectivity index (χ2n) is 6.22. The van der Waals surface area contributed by atoms with Crippen LogP contribution in [0.3, 0.4) is 0 Å². The summed E-state index contributed by atoms with van der Waals surface area (Å²) in [5.74, 6) is 1.03. The van der Waals surface area contributed by atoms with Gasteiger partial charge in [-0.2, -0.15) is 0 Å². The summed E-state index contributed by atoms with van der Waals surface area (Å²) in [7, 11) is 0. The lowest BCUT2D eigenvalue weighted by atomic mass is 10.1. The van der Waals surface area contributed by atoms with Crippen LogP contribution >= 0.6 is 0 Å². The van der Waals surface area contributed by atoms with Crippen molar-refractivity contribution in [1.82, 2.24) is 14.5 Å². The van der Waals surface area contributed by atoms with E-state index in [1.165, 1.54) is 10.8 Å². The first-order chi connectivity index (χ1) is 12.2. The molecule has 25 heavy (non-hydrogen) atoms. The van der Waals surface area contributed by atoms with Crippen LogP contribution in [0.4, 0.5) is 0 Å². The summed E-state index contributed by atoms with van der Waals surface area (Å²) in [6, 6.07) is 20.2. The average Bonchev–Trinajstić information content (AvgIpc) is 2.97. The summed E-state index contributed by atoms with van der Waals surface area (Å²) in [4.78, 5) is 8.94. The molecule has 0 spiro atoms. The van der Waals surface area contributed by atoms with Crippen LogP contribution in [0.15, 0.2) is 67.0 Å². The van der Waals surface area contributed by atoms with Crippen LogP contribution in [-0.2, 0) is 0 Å². The number of benzene rings is 3. The lowest BCUT2D eigenvalue weighted by molar-refractivity contribution is 0.472. The number of nitrogens with zero attached hydrogens (tertiary/aromatic N) is 3. The van der Waals surface area contributed by atoms with Crippen molar-refractivity contribution in [3.63, 3.8) is 0 Å². The highest BCUT2D eigenvalue weighted by molar-refractivity contribution is 6.10. The molecule has 0 atom stereocenters. The molecule has 0 unspecified atom stereocenters. The molecule has 0 amide bonds. The Kier molecular flexibility index (Phi) is 2.82. The van der Waals surface area contributed by atoms with E-state index in [1.54, 1.807) is 12.4 Å². The van der Waals surface area contributed by atoms with Crippen molar-refractivity contribution >= 4 is 32.7 Å². The smallest absolute Gasteiger partial charge is 0.149 e. The fourth-order valence-corrected chi connectivity index (χ4v) is 3.51. The second-order valence-corrected chi connectivity index (χ2v) is 6.22. The fourth-order valence-electron chi connectivity index (χ4n) is 3.51. The first-order valence-corrected chi connectivity index (χ1v) is 8.17. The van der Waals surface area contributed by atoms with Gasteiger partial charge in [-0.25, -0.2) is 9.97 Å². The number of aromatic hydroxyl groups is 1. The van der Waals surface area contributed by atoms with Crippen molar-refractivity contribution in [3.05, 3.63) is 72.6 Å². The Morgan fingerprint density at radius 1 is 0.800 bits per heavy atom. The van der Waals surface area contributed by atoms with Crippen molar-refractivity contribution in [2.75, 3.05) is 0 Å². The zero-order valence-electron chi connectivity index (χ0n) is 13.6. The predicted molar refractivity (Wildman–Crippen MR) is 100 cm³/mol. The molecule has 0 fully saturated rings. The minimum absolute atomic E-state index is 0.254. The molecule has 0 aliphatic rings. The standard InChI is InChI=1S/C21H15N3O/c1-13-10-17-16(11-20(13)25)21(23-12-22-17)24-18-8-4-2-6-14(18)15-7-3-5-9-19(15)24/h2-12,25H,1H3. The molecule has 0 bridgehead atoms. The van der Waals surface area contributed by atoms with Gasteiger partial charge in [0.25, 0.3) is 0 Å². The van der Waals surface area contributed by atoms with Gasteiger partial charge in [0.05, 0.1) is 16.6 Å². The summed E-state index contributed by atoms with van der Waals surface area (Å²) >= 11 is 0. The van der Waals surface area contributed by atoms with Gasteiger partial charge in [-0.05, 0) is 36.8 Å². The zero-order chi connectivity index (χ0) is 17.0. The van der Waals surface area contributed by atoms with E-state index in [0.29, 0.717) is 0 Å². The number of phenolic OH excluding ortho intramolecular Hbond substituents is 1. The Labute approximate surface area is 144 Å². The second kappa shape index (κ2) is 5.05. The molecule has 0 radical (unpaired) electrons. The number of aryl methyl sites for hydroxylation is 1. The summed E-state index contributed by atoms with van der Waals surface area (Å²) in [5.41, 5.74) is 3.80. The molecule has 0 aliphatic carbocycles. The van der Waals surface area contributed by atoms with Crippen molar-refractivity contribution in [3.8, 4) is 11.6 Å². The van der Waals surface area contributed by atoms with Crippen LogP contribution in [0, 0.1) is 6.92 Å². The van der Waals surface area contributed by atoms with Crippen LogP contribution in [0.5, 0.6) is 5.75 Å². The van der Waals surface area contributed by atoms with E-state index in [1.807, 2.05) is 37.3 Å². The van der Waals surface area contributed by atoms with E-state index in [0.717, 1.165) is 33.3 Å². The molecular weight excluding hydrogens is 310 g/mol. The maximum Gasteiger partial charge on any atom is 0.149 e. The number of fused-ring (bicyclic) bond motifs is 4. The topological polar surface area (TPSA) is 50.9 Å². The quantitative estimate of drug-likeness (QED) is 0.484. The maximum atomic E-state index is 10.2. The number of hydrogen-bond donors (Lipinski definition) is 1. The van der Waals surface area contributed by atoms with Gasteiger partial charge in [-0.15, -0.1) is 0 Å². The molecule has 0 aliphatic heterocycles. The summed E-state index contributed by atoms with van der Waals surface area (Å²) in [5, 5.41) is 13.4. The van der Waals surface area contributed by atoms with Crippen molar-refractivity contribution in [2.24, 2.45) is 0 Å². The van der Waals surface area contributed by atoms with E-state index in [-0.39, 0.29) is 5.75 Å². The van der Waals surface area contributed by atoms with Crippen LogP contribution in [0.2, 0.25) is 0 Å². The highest BCUT2D eigenvalue weighted by atomic mass is 16.3. The van der Waals surface area contributed by atoms with Crippen molar-refractivity contribution in [2.45, 2.75) is 6.92 Å². The monoisotopic (exact) mass is 325 g/mol. The summed E-state index contributed by atoms with van der Waals surface area (Å²) in [6.45, 7) is 1.87. The van der Waals surface area contributed by atoms with E-state index in [4.69, 9.17) is 0 Å². The van der Waals surface area contributed by atoms with E-state index >= 15 is 0 Å². The van der Waals surface area contributed by atoms with Gasteiger partial charge in [-0.1, -0.05) is 36.4 Å². The molecule has 0 saturated carbocycles. The van der Waals surface area contributed by atoms with Gasteiger partial charge in [0.2, 0.25) is 0 Å². The van der Waals surface area contributed by atoms with Crippen molar-refractivity contribution in [1.29, 1.82) is 0 Å². The molecule has 2 aromatic heterocycles. The van der Waals surface area contributed by atoms with E-state index < -0.39 is 0 Å². The van der Waals surface area contributed by atoms with Crippen LogP contribution in [-0.4, -0.2) is 19.6 Å². The average molecular weight is 325 g/mol. The Balaban J connectivity index is 1.99. The minimum Gasteiger partial charge on any atom is -0.508 e. The molecule has 5 aromatic rings. The Morgan fingerprint density at radius 3 is 2.12 bits per heavy atom. The Bertz CT molecular complexity index is 1220. The van der Waals surface area contributed by atoms with Crippen LogP contribution < -0.4 is 0 Å². The number of para-hydroxylation sites is 2. The van der Waals surface area contributed by atoms with Crippen LogP contribution in [0.1, 0.15) is 5.56 Å². The normalized spacial score (nSPS) is 11.6. The summed E-state index contributed by atoms with van der Waals surface area (Å²) in [6.07, 6.45) is 1.58. The van der Waals surface area contributed by atoms with E-state index in [9.17, 15) is 5.11 Å². The van der Waals surface area contributed by atoms with Crippen molar-refractivity contribution < 1.29 is 5.11 Å². The highest BCUT2D eigenvalue weighted by Crippen LogP contribution is 2.34. The first kappa shape index (κ1) is 14.0. The highest BCUT2D eigenvalue weighted by Gasteiger charge is 2.15. The first-order valence-electron chi connectivity index (χ1n) is 8.17. The van der Waals surface area contributed by atoms with Gasteiger partial charge in [0.15, 0.2) is 0 Å². The predicted octanol–water partition coefficient (Wildman–Crippen LogP) is 4.74. The zero-order valence-corrected chi connectivity index (χ0v) is 13.6. The third-order valence-corrected chi connectivity index (χ3v) is 4.72. The molecule has 4 heteroatoms. The number of rotatable bonds is 1. The molecule has 5 rings (SSSR count). The molecule has 2 heterocycles. The van der Waals surface area contributed by atoms with Crippen LogP contribution in [0.25, 0.3) is 38.5 Å². The van der Waals surface area contributed by atoms with Gasteiger partial charge < -0.3 is 5.11 Å². The molecule has 1 N–H and O–H groups in total. The molecule has 0 saturated heterocycles. The molecule has 120 valence electrons. The number of phenols is 1. The fraction of sp³-hybridized carbons (Fsp3) is 0.0476. The Morgan fingerprint density at radius 2 is 1.44 bits per heavy atom. The Hall–Kier alpha value is -3.40. The molecule has 3 aromatic carbocycles. The number of aromatic nitrogens is 3. The van der Waals surface area contributed by atoms with Gasteiger partial charge >= 0.3 is 0 Å². The number of hydrogen-bond acceptors (Lipinski definition) is 3. The van der Waals surface area contributed by atoms with Gasteiger partial charge in [-0.3, -0.25) is 4.57 Å². The largest absolute Gasteiger partial charge is 0.508 e. The van der Waals surface area contributed by atoms with E-state index in [2.05, 4.69) is 38.8 Å². The minimum atomic E-state index is 0.254.